The van der Waals surface area contributed by atoms with E-state index in [4.69, 9.17) is 4.74 Å². The van der Waals surface area contributed by atoms with Gasteiger partial charge in [0.05, 0.1) is 17.1 Å². The number of ether oxygens (including phenoxy) is 1. The van der Waals surface area contributed by atoms with Crippen LogP contribution in [0.4, 0.5) is 0 Å². The minimum atomic E-state index is -0.247. The molecule has 3 aromatic heterocycles. The van der Waals surface area contributed by atoms with Gasteiger partial charge < -0.3 is 14.6 Å². The number of pyridine rings is 1. The molecule has 0 unspecified atom stereocenters. The minimum Gasteiger partial charge on any atom is -0.381 e. The first kappa shape index (κ1) is 15.8. The quantitative estimate of drug-likeness (QED) is 0.750. The summed E-state index contributed by atoms with van der Waals surface area (Å²) in [5.41, 5.74) is 1.11. The van der Waals surface area contributed by atoms with Crippen molar-refractivity contribution in [1.82, 2.24) is 24.5 Å². The van der Waals surface area contributed by atoms with E-state index in [9.17, 15) is 9.59 Å². The molecule has 1 amide bonds. The first-order chi connectivity index (χ1) is 12.2. The molecule has 1 fully saturated rings. The molecule has 1 saturated heterocycles. The Balaban J connectivity index is 1.51. The highest BCUT2D eigenvalue weighted by molar-refractivity contribution is 5.80. The molecule has 3 aromatic rings. The summed E-state index contributed by atoms with van der Waals surface area (Å²) in [5.74, 6) is 0.282. The van der Waals surface area contributed by atoms with Gasteiger partial charge >= 0.3 is 0 Å². The molecule has 8 heteroatoms. The normalized spacial score (nSPS) is 15.7. The Hall–Kier alpha value is -2.74. The Labute approximate surface area is 143 Å². The van der Waals surface area contributed by atoms with Gasteiger partial charge in [-0.15, -0.1) is 0 Å². The van der Waals surface area contributed by atoms with E-state index in [0.29, 0.717) is 29.0 Å². The van der Waals surface area contributed by atoms with Gasteiger partial charge in [0.2, 0.25) is 5.91 Å². The molecular formula is C17H19N5O3. The van der Waals surface area contributed by atoms with Gasteiger partial charge in [-0.3, -0.25) is 9.59 Å². The molecule has 25 heavy (non-hydrogen) atoms. The number of hydrogen-bond acceptors (Lipinski definition) is 5. The smallest absolute Gasteiger partial charge is 0.262 e. The molecule has 0 saturated carbocycles. The van der Waals surface area contributed by atoms with Crippen molar-refractivity contribution in [3.8, 4) is 0 Å². The Morgan fingerprint density at radius 1 is 1.32 bits per heavy atom. The fourth-order valence-electron chi connectivity index (χ4n) is 3.14. The van der Waals surface area contributed by atoms with E-state index in [0.717, 1.165) is 26.1 Å². The van der Waals surface area contributed by atoms with Crippen molar-refractivity contribution >= 4 is 22.5 Å². The van der Waals surface area contributed by atoms with Gasteiger partial charge in [-0.05, 0) is 24.8 Å². The van der Waals surface area contributed by atoms with Gasteiger partial charge in [-0.2, -0.15) is 5.10 Å². The van der Waals surface area contributed by atoms with Crippen LogP contribution in [-0.2, 0) is 16.1 Å². The first-order valence-corrected chi connectivity index (χ1v) is 8.39. The summed E-state index contributed by atoms with van der Waals surface area (Å²) in [5, 5.41) is 7.53. The number of amides is 1. The van der Waals surface area contributed by atoms with Crippen LogP contribution in [0.5, 0.6) is 0 Å². The van der Waals surface area contributed by atoms with E-state index in [1.54, 1.807) is 29.0 Å². The van der Waals surface area contributed by atoms with Crippen molar-refractivity contribution in [3.63, 3.8) is 0 Å². The summed E-state index contributed by atoms with van der Waals surface area (Å²) in [6.07, 6.45) is 6.71. The van der Waals surface area contributed by atoms with E-state index >= 15 is 0 Å². The highest BCUT2D eigenvalue weighted by Crippen LogP contribution is 2.13. The third kappa shape index (κ3) is 3.12. The summed E-state index contributed by atoms with van der Waals surface area (Å²) in [6.45, 7) is 2.12. The standard InChI is InChI=1S/C17H19N5O3/c23-16(19-9-12-3-7-25-8-4-12)11-21-6-2-14-13(17(21)24)10-18-15-1-5-20-22(14)15/h1-2,5-6,10,12H,3-4,7-9,11H2,(H,19,23). The van der Waals surface area contributed by atoms with Crippen LogP contribution in [0.25, 0.3) is 16.6 Å². The van der Waals surface area contributed by atoms with Crippen LogP contribution < -0.4 is 10.9 Å². The van der Waals surface area contributed by atoms with E-state index in [-0.39, 0.29) is 18.0 Å². The molecule has 4 rings (SSSR count). The van der Waals surface area contributed by atoms with Crippen molar-refractivity contribution in [2.75, 3.05) is 19.8 Å². The molecule has 8 nitrogen and oxygen atoms in total. The van der Waals surface area contributed by atoms with Gasteiger partial charge in [-0.1, -0.05) is 0 Å². The van der Waals surface area contributed by atoms with Gasteiger partial charge in [0.1, 0.15) is 6.54 Å². The number of hydrogen-bond donors (Lipinski definition) is 1. The van der Waals surface area contributed by atoms with E-state index in [2.05, 4.69) is 15.4 Å². The van der Waals surface area contributed by atoms with Crippen LogP contribution in [-0.4, -0.2) is 44.8 Å². The molecule has 0 atom stereocenters. The van der Waals surface area contributed by atoms with Gasteiger partial charge in [-0.25, -0.2) is 9.50 Å². The number of rotatable bonds is 4. The molecule has 0 aliphatic carbocycles. The third-order valence-corrected chi connectivity index (χ3v) is 4.60. The van der Waals surface area contributed by atoms with Gasteiger partial charge in [0, 0.05) is 38.2 Å². The molecule has 1 N–H and O–H groups in total. The third-order valence-electron chi connectivity index (χ3n) is 4.60. The highest BCUT2D eigenvalue weighted by atomic mass is 16.5. The van der Waals surface area contributed by atoms with Crippen molar-refractivity contribution in [1.29, 1.82) is 0 Å². The molecule has 1 aliphatic heterocycles. The van der Waals surface area contributed by atoms with Crippen LogP contribution in [0.1, 0.15) is 12.8 Å². The van der Waals surface area contributed by atoms with Crippen LogP contribution in [0.2, 0.25) is 0 Å². The van der Waals surface area contributed by atoms with E-state index in [1.165, 1.54) is 10.8 Å². The highest BCUT2D eigenvalue weighted by Gasteiger charge is 2.15. The lowest BCUT2D eigenvalue weighted by molar-refractivity contribution is -0.122. The summed E-state index contributed by atoms with van der Waals surface area (Å²) in [6, 6.07) is 3.55. The molecule has 0 aromatic carbocycles. The molecule has 1 aliphatic rings. The van der Waals surface area contributed by atoms with Crippen molar-refractivity contribution in [3.05, 3.63) is 41.1 Å². The van der Waals surface area contributed by atoms with Crippen molar-refractivity contribution in [2.24, 2.45) is 5.92 Å². The topological polar surface area (TPSA) is 90.5 Å². The predicted octanol–water partition coefficient (Wildman–Crippen LogP) is 0.587. The van der Waals surface area contributed by atoms with Crippen LogP contribution in [0.15, 0.2) is 35.5 Å². The van der Waals surface area contributed by atoms with Crippen LogP contribution >= 0.6 is 0 Å². The molecule has 0 spiro atoms. The van der Waals surface area contributed by atoms with Crippen molar-refractivity contribution < 1.29 is 9.53 Å². The second-order valence-electron chi connectivity index (χ2n) is 6.27. The maximum absolute atomic E-state index is 12.6. The lowest BCUT2D eigenvalue weighted by Crippen LogP contribution is -2.36. The Morgan fingerprint density at radius 3 is 3.00 bits per heavy atom. The molecule has 4 heterocycles. The zero-order valence-electron chi connectivity index (χ0n) is 13.7. The van der Waals surface area contributed by atoms with E-state index in [1.807, 2.05) is 0 Å². The Kier molecular flexibility index (Phi) is 4.19. The fraction of sp³-hybridized carbons (Fsp3) is 0.412. The average Bonchev–Trinajstić information content (AvgIpc) is 3.12. The van der Waals surface area contributed by atoms with Crippen LogP contribution in [0.3, 0.4) is 0 Å². The minimum absolute atomic E-state index is 0.00482. The molecule has 0 bridgehead atoms. The second kappa shape index (κ2) is 6.64. The monoisotopic (exact) mass is 341 g/mol. The number of carbonyl (C=O) groups excluding carboxylic acids is 1. The lowest BCUT2D eigenvalue weighted by atomic mass is 10.0. The largest absolute Gasteiger partial charge is 0.381 e. The zero-order chi connectivity index (χ0) is 17.2. The summed E-state index contributed by atoms with van der Waals surface area (Å²) in [7, 11) is 0. The number of nitrogens with zero attached hydrogens (tertiary/aromatic N) is 4. The maximum Gasteiger partial charge on any atom is 0.262 e. The lowest BCUT2D eigenvalue weighted by Gasteiger charge is -2.22. The predicted molar refractivity (Wildman–Crippen MR) is 91.3 cm³/mol. The molecule has 0 radical (unpaired) electrons. The number of nitrogens with one attached hydrogen (secondary N) is 1. The molecule has 130 valence electrons. The number of aromatic nitrogens is 4. The maximum atomic E-state index is 12.6. The van der Waals surface area contributed by atoms with Crippen LogP contribution in [0, 0.1) is 5.92 Å². The average molecular weight is 341 g/mol. The van der Waals surface area contributed by atoms with Gasteiger partial charge in [0.25, 0.3) is 5.56 Å². The number of carbonyl (C=O) groups is 1. The fourth-order valence-corrected chi connectivity index (χ4v) is 3.14. The second-order valence-corrected chi connectivity index (χ2v) is 6.27. The Morgan fingerprint density at radius 2 is 2.16 bits per heavy atom. The van der Waals surface area contributed by atoms with E-state index < -0.39 is 0 Å². The summed E-state index contributed by atoms with van der Waals surface area (Å²) in [4.78, 5) is 29.0. The summed E-state index contributed by atoms with van der Waals surface area (Å²) < 4.78 is 8.33. The first-order valence-electron chi connectivity index (χ1n) is 8.39. The summed E-state index contributed by atoms with van der Waals surface area (Å²) >= 11 is 0. The number of fused-ring (bicyclic) bond motifs is 3. The van der Waals surface area contributed by atoms with Gasteiger partial charge in [0.15, 0.2) is 5.65 Å². The Bertz CT molecular complexity index is 971. The zero-order valence-corrected chi connectivity index (χ0v) is 13.7. The SMILES string of the molecule is O=C(Cn1ccc2c(cnc3ccnn32)c1=O)NCC1CCOCC1. The van der Waals surface area contributed by atoms with Crippen molar-refractivity contribution in [2.45, 2.75) is 19.4 Å². The molecular weight excluding hydrogens is 322 g/mol.